The van der Waals surface area contributed by atoms with E-state index < -0.39 is 10.0 Å². The lowest BCUT2D eigenvalue weighted by molar-refractivity contribution is -0.121. The average Bonchev–Trinajstić information content (AvgIpc) is 2.81. The Morgan fingerprint density at radius 2 is 2.00 bits per heavy atom. The Balaban J connectivity index is 1.71. The minimum Gasteiger partial charge on any atom is -0.353 e. The first-order chi connectivity index (χ1) is 8.46. The molecule has 1 amide bonds. The maximum atomic E-state index is 11.7. The van der Waals surface area contributed by atoms with Crippen LogP contribution in [0.3, 0.4) is 0 Å². The SMILES string of the molecule is CS(=O)(=O)NCCC(=O)N[C@@H]1CC[C@H]2CCC[C@H]21. The van der Waals surface area contributed by atoms with Crippen LogP contribution in [0.1, 0.15) is 38.5 Å². The van der Waals surface area contributed by atoms with E-state index in [1.54, 1.807) is 0 Å². The molecular weight excluding hydrogens is 252 g/mol. The fourth-order valence-corrected chi connectivity index (χ4v) is 3.84. The zero-order valence-corrected chi connectivity index (χ0v) is 11.6. The minimum atomic E-state index is -3.19. The first kappa shape index (κ1) is 13.8. The lowest BCUT2D eigenvalue weighted by atomic mass is 9.97. The van der Waals surface area contributed by atoms with E-state index in [4.69, 9.17) is 0 Å². The summed E-state index contributed by atoms with van der Waals surface area (Å²) in [6, 6.07) is 0.322. The summed E-state index contributed by atoms with van der Waals surface area (Å²) in [5.41, 5.74) is 0. The summed E-state index contributed by atoms with van der Waals surface area (Å²) in [5.74, 6) is 1.44. The number of carbonyl (C=O) groups excluding carboxylic acids is 1. The summed E-state index contributed by atoms with van der Waals surface area (Å²) in [6.45, 7) is 0.186. The van der Waals surface area contributed by atoms with E-state index >= 15 is 0 Å². The molecule has 3 atom stereocenters. The third-order valence-corrected chi connectivity index (χ3v) is 4.87. The minimum absolute atomic E-state index is 0.0382. The van der Waals surface area contributed by atoms with Crippen LogP contribution in [0.2, 0.25) is 0 Å². The molecule has 0 bridgehead atoms. The van der Waals surface area contributed by atoms with Crippen molar-refractivity contribution in [2.75, 3.05) is 12.8 Å². The van der Waals surface area contributed by atoms with Crippen molar-refractivity contribution in [3.05, 3.63) is 0 Å². The lowest BCUT2D eigenvalue weighted by Crippen LogP contribution is -2.39. The van der Waals surface area contributed by atoms with Gasteiger partial charge in [0.15, 0.2) is 0 Å². The van der Waals surface area contributed by atoms with Gasteiger partial charge in [-0.05, 0) is 31.1 Å². The van der Waals surface area contributed by atoms with Gasteiger partial charge in [-0.3, -0.25) is 4.79 Å². The Hall–Kier alpha value is -0.620. The van der Waals surface area contributed by atoms with Gasteiger partial charge in [-0.2, -0.15) is 0 Å². The first-order valence-corrected chi connectivity index (χ1v) is 8.59. The van der Waals surface area contributed by atoms with Crippen LogP contribution in [0.25, 0.3) is 0 Å². The second-order valence-corrected chi connectivity index (χ2v) is 7.36. The second-order valence-electron chi connectivity index (χ2n) is 5.52. The molecule has 2 saturated carbocycles. The summed E-state index contributed by atoms with van der Waals surface area (Å²) in [5, 5.41) is 3.06. The van der Waals surface area contributed by atoms with Crippen LogP contribution in [-0.2, 0) is 14.8 Å². The number of nitrogens with one attached hydrogen (secondary N) is 2. The van der Waals surface area contributed by atoms with Crippen LogP contribution in [0.4, 0.5) is 0 Å². The second kappa shape index (κ2) is 5.57. The molecule has 0 heterocycles. The number of hydrogen-bond donors (Lipinski definition) is 2. The van der Waals surface area contributed by atoms with Gasteiger partial charge in [0.05, 0.1) is 6.26 Å². The number of carbonyl (C=O) groups is 1. The van der Waals surface area contributed by atoms with Gasteiger partial charge >= 0.3 is 0 Å². The lowest BCUT2D eigenvalue weighted by Gasteiger charge is -2.20. The van der Waals surface area contributed by atoms with Crippen molar-refractivity contribution in [3.8, 4) is 0 Å². The smallest absolute Gasteiger partial charge is 0.221 e. The Morgan fingerprint density at radius 1 is 1.22 bits per heavy atom. The average molecular weight is 274 g/mol. The largest absolute Gasteiger partial charge is 0.353 e. The van der Waals surface area contributed by atoms with Gasteiger partial charge in [-0.15, -0.1) is 0 Å². The number of rotatable bonds is 5. The van der Waals surface area contributed by atoms with Crippen LogP contribution in [0, 0.1) is 11.8 Å². The van der Waals surface area contributed by atoms with Crippen molar-refractivity contribution < 1.29 is 13.2 Å². The monoisotopic (exact) mass is 274 g/mol. The predicted molar refractivity (Wildman–Crippen MR) is 69.5 cm³/mol. The first-order valence-electron chi connectivity index (χ1n) is 6.70. The highest BCUT2D eigenvalue weighted by Gasteiger charge is 2.39. The standard InChI is InChI=1S/C12H22N2O3S/c1-18(16,17)13-8-7-12(15)14-11-6-5-9-3-2-4-10(9)11/h9-11,13H,2-8H2,1H3,(H,14,15)/t9-,10-,11-/m1/s1. The van der Waals surface area contributed by atoms with Gasteiger partial charge in [0, 0.05) is 19.0 Å². The van der Waals surface area contributed by atoms with Crippen molar-refractivity contribution in [3.63, 3.8) is 0 Å². The molecule has 0 aromatic carbocycles. The van der Waals surface area contributed by atoms with Crippen LogP contribution >= 0.6 is 0 Å². The molecule has 0 spiro atoms. The Labute approximate surface area is 109 Å². The Kier molecular flexibility index (Phi) is 4.27. The van der Waals surface area contributed by atoms with E-state index in [0.29, 0.717) is 12.0 Å². The van der Waals surface area contributed by atoms with Crippen LogP contribution < -0.4 is 10.0 Å². The maximum absolute atomic E-state index is 11.7. The number of amides is 1. The van der Waals surface area contributed by atoms with Crippen molar-refractivity contribution >= 4 is 15.9 Å². The van der Waals surface area contributed by atoms with E-state index in [9.17, 15) is 13.2 Å². The van der Waals surface area contributed by atoms with E-state index in [0.717, 1.165) is 18.6 Å². The zero-order chi connectivity index (χ0) is 13.2. The van der Waals surface area contributed by atoms with E-state index in [2.05, 4.69) is 10.0 Å². The predicted octanol–water partition coefficient (Wildman–Crippen LogP) is 0.621. The fraction of sp³-hybridized carbons (Fsp3) is 0.917. The van der Waals surface area contributed by atoms with Crippen molar-refractivity contribution in [1.82, 2.24) is 10.0 Å². The molecule has 2 N–H and O–H groups in total. The molecule has 0 aliphatic heterocycles. The molecule has 2 fully saturated rings. The molecule has 2 aliphatic carbocycles. The molecule has 0 saturated heterocycles. The summed E-state index contributed by atoms with van der Waals surface area (Å²) >= 11 is 0. The third kappa shape index (κ3) is 3.68. The summed E-state index contributed by atoms with van der Waals surface area (Å²) < 4.78 is 24.1. The molecule has 0 unspecified atom stereocenters. The number of fused-ring (bicyclic) bond motifs is 1. The Morgan fingerprint density at radius 3 is 2.72 bits per heavy atom. The molecular formula is C12H22N2O3S. The number of hydrogen-bond acceptors (Lipinski definition) is 3. The van der Waals surface area contributed by atoms with Gasteiger partial charge in [0.1, 0.15) is 0 Å². The quantitative estimate of drug-likeness (QED) is 0.772. The highest BCUT2D eigenvalue weighted by atomic mass is 32.2. The third-order valence-electron chi connectivity index (χ3n) is 4.15. The summed E-state index contributed by atoms with van der Waals surface area (Å²) in [6.07, 6.45) is 7.48. The van der Waals surface area contributed by atoms with E-state index in [-0.39, 0.29) is 18.9 Å². The van der Waals surface area contributed by atoms with Gasteiger partial charge < -0.3 is 5.32 Å². The normalized spacial score (nSPS) is 31.3. The fourth-order valence-electron chi connectivity index (χ4n) is 3.37. The topological polar surface area (TPSA) is 75.3 Å². The molecule has 0 aromatic heterocycles. The summed E-state index contributed by atoms with van der Waals surface area (Å²) in [7, 11) is -3.19. The maximum Gasteiger partial charge on any atom is 0.221 e. The van der Waals surface area contributed by atoms with Crippen LogP contribution in [0.5, 0.6) is 0 Å². The molecule has 0 radical (unpaired) electrons. The van der Waals surface area contributed by atoms with Crippen molar-refractivity contribution in [2.45, 2.75) is 44.6 Å². The van der Waals surface area contributed by atoms with Crippen molar-refractivity contribution in [1.29, 1.82) is 0 Å². The molecule has 6 heteroatoms. The molecule has 104 valence electrons. The van der Waals surface area contributed by atoms with E-state index in [1.165, 1.54) is 25.7 Å². The molecule has 2 aliphatic rings. The van der Waals surface area contributed by atoms with E-state index in [1.807, 2.05) is 0 Å². The van der Waals surface area contributed by atoms with Gasteiger partial charge in [-0.1, -0.05) is 12.8 Å². The molecule has 0 aromatic rings. The summed E-state index contributed by atoms with van der Waals surface area (Å²) in [4.78, 5) is 11.7. The van der Waals surface area contributed by atoms with Gasteiger partial charge in [0.25, 0.3) is 0 Å². The zero-order valence-electron chi connectivity index (χ0n) is 10.8. The highest BCUT2D eigenvalue weighted by Crippen LogP contribution is 2.43. The van der Waals surface area contributed by atoms with Crippen LogP contribution in [0.15, 0.2) is 0 Å². The molecule has 18 heavy (non-hydrogen) atoms. The van der Waals surface area contributed by atoms with Gasteiger partial charge in [-0.25, -0.2) is 13.1 Å². The molecule has 2 rings (SSSR count). The van der Waals surface area contributed by atoms with Gasteiger partial charge in [0.2, 0.25) is 15.9 Å². The van der Waals surface area contributed by atoms with Crippen LogP contribution in [-0.4, -0.2) is 33.2 Å². The Bertz CT molecular complexity index is 408. The number of sulfonamides is 1. The molecule has 5 nitrogen and oxygen atoms in total. The highest BCUT2D eigenvalue weighted by molar-refractivity contribution is 7.88. The van der Waals surface area contributed by atoms with Crippen molar-refractivity contribution in [2.24, 2.45) is 11.8 Å².